The maximum absolute atomic E-state index is 11.9. The Balaban J connectivity index is 0.000000217. The van der Waals surface area contributed by atoms with Crippen LogP contribution in [0.2, 0.25) is 0 Å². The number of imidazole rings is 2. The molecule has 0 bridgehead atoms. The first-order valence-electron chi connectivity index (χ1n) is 30.5. The van der Waals surface area contributed by atoms with E-state index in [1.165, 1.54) is 53.5 Å². The number of hydrogen-bond donors (Lipinski definition) is 25. The van der Waals surface area contributed by atoms with Crippen LogP contribution in [0.3, 0.4) is 0 Å². The number of rotatable bonds is 32. The van der Waals surface area contributed by atoms with Gasteiger partial charge in [-0.2, -0.15) is 44.5 Å². The number of aliphatic hydroxyl groups excluding tert-OH is 4. The molecule has 4 aliphatic heterocycles. The van der Waals surface area contributed by atoms with E-state index in [-0.39, 0.29) is 60.0 Å². The maximum atomic E-state index is 11.9. The van der Waals surface area contributed by atoms with Crippen molar-refractivity contribution < 1.29 is 225 Å². The molecule has 4 saturated heterocycles. The second-order valence-electron chi connectivity index (χ2n) is 23.2. The third kappa shape index (κ3) is 31.1. The molecule has 668 valence electrons. The second-order valence-corrected chi connectivity index (χ2v) is 40.8. The smallest absolute Gasteiger partial charge is 0.390 e. The number of anilines is 3. The van der Waals surface area contributed by atoms with Crippen LogP contribution in [0.4, 0.5) is 17.6 Å². The van der Waals surface area contributed by atoms with Crippen LogP contribution in [0.1, 0.15) is 56.2 Å². The molecule has 4 aliphatic rings. The summed E-state index contributed by atoms with van der Waals surface area (Å²) in [6.45, 7) is -1.93. The Labute approximate surface area is 649 Å². The van der Waals surface area contributed by atoms with Gasteiger partial charge in [0.1, 0.15) is 67.0 Å². The predicted octanol–water partition coefficient (Wildman–Crippen LogP) is -4.25. The summed E-state index contributed by atoms with van der Waals surface area (Å²) in [6, 6.07) is 1.30. The number of ether oxygens (including phenoxy) is 4. The van der Waals surface area contributed by atoms with Crippen molar-refractivity contribution in [1.29, 1.82) is 0 Å². The molecular weight excluding hydrogens is 1880 g/mol. The molecule has 20 atom stereocenters. The third-order valence-corrected chi connectivity index (χ3v) is 29.4. The van der Waals surface area contributed by atoms with Gasteiger partial charge in [0.2, 0.25) is 5.95 Å². The SMILES string of the molecule is Cc1cn([C@H]2C[C@H](O)[C@@H](COP(=O)(O)OP(=O)(O)OP(=O)(O)O)O2)c(=O)[nH]c1=O.Nc1ccn([C@H]2C[C@H](O)[C@@H](COP(=O)(O)OP(=O)(O)OP(=O)(O)O)O2)c(=O)n1.Nc1nc2c(ncn2[C@H]2C[C@H](O)[C@@H](COP(=O)(O)OP(=O)(O)OP(=O)(O)O)O2)c(=O)[nH]1.Nc1ncnc2c1ncn2[C@H]1C[C@H](O)[C@@H](COP(=O)(O)OP(=O)(O)OP(=O)(O)O)O1. The van der Waals surface area contributed by atoms with Crippen molar-refractivity contribution >= 4 is 134 Å². The largest absolute Gasteiger partial charge is 0.490 e. The van der Waals surface area contributed by atoms with Crippen LogP contribution in [-0.2, 0) is 126 Å². The number of phosphoric acid groups is 12. The number of aromatic amines is 2. The summed E-state index contributed by atoms with van der Waals surface area (Å²) in [4.78, 5) is 216. The summed E-state index contributed by atoms with van der Waals surface area (Å²) in [5.41, 5.74) is 14.5. The number of nitrogens with zero attached hydrogens (tertiary/aromatic N) is 10. The Kier molecular flexibility index (Phi) is 32.9. The van der Waals surface area contributed by atoms with Gasteiger partial charge >= 0.3 is 105 Å². The standard InChI is InChI=1S/C10H16N5O13P3.C10H16N5O12P3.C10H17N2O14P3.C9H16N3O13P3/c11-10-13-8-7(9(17)14-10)12-3-15(8)6-1-4(16)5(26-6)2-25-30(21,22)28-31(23,24)27-29(18,19)20;11-9-8-10(13-3-12-9)15(4-14-8)7-1-5(16)6(25-7)2-24-29(20,21)27-30(22,23)26-28(17,18)19;1-5-3-12(10(15)11-9(5)14)8-2-6(13)7(24-8)4-23-28(19,20)26-29(21,22)25-27(16,17)18;10-7-1-2-12(9(14)11-7)8-3-5(13)6(23-8)4-22-27(18,19)25-28(20,21)24-26(15,16)17/h3-6,16H,1-2H2,(H,21,22)(H,23,24)(H2,18,19,20)(H3,11,13,14,17);3-7,16H,1-2H2,(H,20,21)(H,22,23)(H2,11,12,13)(H2,17,18,19);3,6-8,13H,2,4H2,1H3,(H,19,20)(H,21,22)(H,11,14,15)(H2,16,17,18);1-2,5-6,8,13H,3-4H2,(H,18,19)(H,20,21)(H2,10,11,14)(H2,15,16,17)/t4-,5+,6+;5-,6+,7+;6-,7+,8+;5-,6+,8+/m0000/s1. The van der Waals surface area contributed by atoms with Crippen LogP contribution < -0.4 is 39.7 Å². The molecule has 79 heteroatoms. The number of fused-ring (bicyclic) bond motifs is 2. The molecule has 6 aromatic rings. The summed E-state index contributed by atoms with van der Waals surface area (Å²) < 4.78 is 207. The Hall–Kier alpha value is -4.82. The van der Waals surface area contributed by atoms with Crippen LogP contribution in [0.5, 0.6) is 0 Å². The molecule has 0 aromatic carbocycles. The highest BCUT2D eigenvalue weighted by molar-refractivity contribution is 7.68. The highest BCUT2D eigenvalue weighted by Gasteiger charge is 2.49. The number of nitrogens with two attached hydrogens (primary N) is 3. The van der Waals surface area contributed by atoms with Gasteiger partial charge in [0.25, 0.3) is 11.1 Å². The number of aryl methyl sites for hydroxylation is 1. The van der Waals surface area contributed by atoms with Crippen LogP contribution in [-0.4, -0.2) is 232 Å². The van der Waals surface area contributed by atoms with Gasteiger partial charge < -0.3 is 135 Å². The maximum Gasteiger partial charge on any atom is 0.490 e. The number of phosphoric ester groups is 4. The molecule has 28 N–H and O–H groups in total. The first-order valence-corrected chi connectivity index (χ1v) is 48.6. The van der Waals surface area contributed by atoms with E-state index in [0.717, 1.165) is 9.13 Å². The molecule has 0 saturated carbocycles. The molecule has 67 nitrogen and oxygen atoms in total. The summed E-state index contributed by atoms with van der Waals surface area (Å²) in [7, 11) is -66.1. The molecule has 0 radical (unpaired) electrons. The van der Waals surface area contributed by atoms with Gasteiger partial charge in [0.15, 0.2) is 22.6 Å². The van der Waals surface area contributed by atoms with E-state index >= 15 is 0 Å². The minimum atomic E-state index is -5.67. The number of nitrogens with one attached hydrogen (secondary N) is 2. The van der Waals surface area contributed by atoms with Crippen LogP contribution in [0.25, 0.3) is 22.3 Å². The Bertz CT molecular complexity index is 5490. The van der Waals surface area contributed by atoms with E-state index in [0.29, 0.717) is 11.2 Å². The number of H-pyrrole nitrogens is 2. The Morgan fingerprint density at radius 3 is 1.09 bits per heavy atom. The van der Waals surface area contributed by atoms with Crippen molar-refractivity contribution in [3.8, 4) is 0 Å². The van der Waals surface area contributed by atoms with Gasteiger partial charge in [-0.15, -0.1) is 0 Å². The molecule has 6 aromatic heterocycles. The fourth-order valence-corrected chi connectivity index (χ4v) is 21.8. The summed E-state index contributed by atoms with van der Waals surface area (Å²) in [6.07, 6.45) is -8.09. The van der Waals surface area contributed by atoms with Gasteiger partial charge in [-0.05, 0) is 13.0 Å². The minimum Gasteiger partial charge on any atom is -0.390 e. The third-order valence-electron chi connectivity index (χ3n) is 14.2. The lowest BCUT2D eigenvalue weighted by molar-refractivity contribution is -0.0450. The molecule has 8 unspecified atom stereocenters. The van der Waals surface area contributed by atoms with E-state index in [4.69, 9.17) is 94.9 Å². The first kappa shape index (κ1) is 100. The quantitative estimate of drug-likeness (QED) is 0.0178. The van der Waals surface area contributed by atoms with Crippen molar-refractivity contribution in [2.75, 3.05) is 43.6 Å². The Morgan fingerprint density at radius 1 is 0.415 bits per heavy atom. The number of aliphatic hydroxyl groups is 4. The molecular formula is C39H65N15O52P12. The van der Waals surface area contributed by atoms with Gasteiger partial charge in [-0.25, -0.2) is 84.3 Å². The van der Waals surface area contributed by atoms with Crippen molar-refractivity contribution in [1.82, 2.24) is 58.1 Å². The normalized spacial score (nSPS) is 26.6. The predicted molar refractivity (Wildman–Crippen MR) is 369 cm³/mol. The van der Waals surface area contributed by atoms with Gasteiger partial charge in [0, 0.05) is 43.6 Å². The number of aromatic nitrogens is 12. The lowest BCUT2D eigenvalue weighted by Crippen LogP contribution is -2.33. The highest BCUT2D eigenvalue weighted by Crippen LogP contribution is 2.70. The van der Waals surface area contributed by atoms with Gasteiger partial charge in [-0.1, -0.05) is 0 Å². The number of hydrogen-bond acceptors (Lipinski definition) is 45. The zero-order chi connectivity index (χ0) is 89.0. The summed E-state index contributed by atoms with van der Waals surface area (Å²) in [5, 5.41) is 40.2. The summed E-state index contributed by atoms with van der Waals surface area (Å²) >= 11 is 0. The van der Waals surface area contributed by atoms with Crippen LogP contribution in [0.15, 0.2) is 56.6 Å². The lowest BCUT2D eigenvalue weighted by atomic mass is 10.2. The lowest BCUT2D eigenvalue weighted by Gasteiger charge is -2.19. The fraction of sp³-hybridized carbons (Fsp3) is 0.538. The fourth-order valence-electron chi connectivity index (χ4n) is 9.71. The van der Waals surface area contributed by atoms with E-state index in [1.54, 1.807) is 0 Å². The second kappa shape index (κ2) is 38.7. The topological polar surface area (TPSA) is 1030 Å². The van der Waals surface area contributed by atoms with Crippen molar-refractivity contribution in [3.63, 3.8) is 0 Å². The van der Waals surface area contributed by atoms with Gasteiger partial charge in [0.05, 0.1) is 63.5 Å². The molecule has 0 amide bonds. The van der Waals surface area contributed by atoms with Gasteiger partial charge in [-0.3, -0.25) is 55.9 Å². The zero-order valence-electron chi connectivity index (χ0n) is 57.6. The molecule has 0 spiro atoms. The van der Waals surface area contributed by atoms with Crippen LogP contribution >= 0.6 is 93.9 Å². The van der Waals surface area contributed by atoms with Crippen molar-refractivity contribution in [2.24, 2.45) is 0 Å². The molecule has 10 heterocycles. The monoisotopic (exact) mass is 1950 g/mol. The van der Waals surface area contributed by atoms with E-state index < -0.39 is 217 Å². The minimum absolute atomic E-state index is 0.000206. The average Bonchev–Trinajstić information content (AvgIpc) is 1.63. The molecule has 118 heavy (non-hydrogen) atoms. The zero-order valence-corrected chi connectivity index (χ0v) is 68.4. The number of nitrogen functional groups attached to an aromatic ring is 3. The highest BCUT2D eigenvalue weighted by atomic mass is 31.3. The molecule has 4 fully saturated rings. The molecule has 10 rings (SSSR count). The molecule has 0 aliphatic carbocycles. The van der Waals surface area contributed by atoms with E-state index in [2.05, 4.69) is 87.5 Å². The van der Waals surface area contributed by atoms with E-state index in [9.17, 15) is 114 Å². The average molecular weight is 1950 g/mol. The van der Waals surface area contributed by atoms with Crippen molar-refractivity contribution in [2.45, 2.75) is 106 Å². The Morgan fingerprint density at radius 2 is 0.746 bits per heavy atom. The summed E-state index contributed by atoms with van der Waals surface area (Å²) in [5.74, 6) is -0.104. The van der Waals surface area contributed by atoms with E-state index in [1.807, 2.05) is 4.98 Å². The first-order chi connectivity index (χ1) is 53.7. The van der Waals surface area contributed by atoms with Crippen molar-refractivity contribution in [3.05, 3.63) is 84.7 Å². The van der Waals surface area contributed by atoms with Crippen LogP contribution in [0, 0.1) is 6.92 Å².